The highest BCUT2D eigenvalue weighted by Crippen LogP contribution is 2.21. The standard InChI is InChI=1S/C16H21N3O2/c1-21-15-7-2-6-14(11-15)18-16(20)13-5-3-9-19(12-13)10-4-8-17/h2,6-7,11,13H,3-5,9-10,12H2,1H3,(H,18,20). The minimum atomic E-state index is -0.0105. The Labute approximate surface area is 125 Å². The first kappa shape index (κ1) is 15.3. The Morgan fingerprint density at radius 2 is 2.43 bits per heavy atom. The molecule has 5 nitrogen and oxygen atoms in total. The lowest BCUT2D eigenvalue weighted by Crippen LogP contribution is -2.41. The molecule has 1 aromatic rings. The second kappa shape index (κ2) is 7.65. The number of amides is 1. The zero-order chi connectivity index (χ0) is 15.1. The second-order valence-electron chi connectivity index (χ2n) is 5.27. The number of nitrogens with one attached hydrogen (secondary N) is 1. The monoisotopic (exact) mass is 287 g/mol. The van der Waals surface area contributed by atoms with E-state index in [0.29, 0.717) is 6.42 Å². The first-order chi connectivity index (χ1) is 10.2. The van der Waals surface area contributed by atoms with Crippen LogP contribution in [0.1, 0.15) is 19.3 Å². The lowest BCUT2D eigenvalue weighted by atomic mass is 9.97. The summed E-state index contributed by atoms with van der Waals surface area (Å²) in [6.45, 7) is 2.46. The van der Waals surface area contributed by atoms with Crippen molar-refractivity contribution in [2.24, 2.45) is 5.92 Å². The summed E-state index contributed by atoms with van der Waals surface area (Å²) in [4.78, 5) is 14.5. The maximum absolute atomic E-state index is 12.3. The molecule has 2 rings (SSSR count). The van der Waals surface area contributed by atoms with Crippen molar-refractivity contribution in [1.82, 2.24) is 4.90 Å². The molecule has 5 heteroatoms. The average molecular weight is 287 g/mol. The van der Waals surface area contributed by atoms with Crippen LogP contribution in [0.15, 0.2) is 24.3 Å². The molecule has 112 valence electrons. The lowest BCUT2D eigenvalue weighted by Gasteiger charge is -2.31. The number of carbonyl (C=O) groups is 1. The Balaban J connectivity index is 1.91. The Morgan fingerprint density at radius 3 is 3.19 bits per heavy atom. The van der Waals surface area contributed by atoms with Crippen molar-refractivity contribution in [3.8, 4) is 11.8 Å². The van der Waals surface area contributed by atoms with Gasteiger partial charge in [0.05, 0.1) is 19.1 Å². The number of benzene rings is 1. The summed E-state index contributed by atoms with van der Waals surface area (Å²) in [6, 6.07) is 9.53. The van der Waals surface area contributed by atoms with Gasteiger partial charge in [0, 0.05) is 31.3 Å². The van der Waals surface area contributed by atoms with E-state index in [1.807, 2.05) is 24.3 Å². The van der Waals surface area contributed by atoms with Gasteiger partial charge in [0.15, 0.2) is 0 Å². The molecule has 1 saturated heterocycles. The molecule has 1 N–H and O–H groups in total. The summed E-state index contributed by atoms with van der Waals surface area (Å²) in [7, 11) is 1.61. The number of hydrogen-bond donors (Lipinski definition) is 1. The Morgan fingerprint density at radius 1 is 1.57 bits per heavy atom. The number of anilines is 1. The van der Waals surface area contributed by atoms with Gasteiger partial charge in [-0.05, 0) is 31.5 Å². The molecule has 1 unspecified atom stereocenters. The van der Waals surface area contributed by atoms with Crippen molar-refractivity contribution in [3.63, 3.8) is 0 Å². The molecular weight excluding hydrogens is 266 g/mol. The number of rotatable bonds is 5. The number of nitrogens with zero attached hydrogens (tertiary/aromatic N) is 2. The van der Waals surface area contributed by atoms with E-state index in [-0.39, 0.29) is 11.8 Å². The smallest absolute Gasteiger partial charge is 0.228 e. The van der Waals surface area contributed by atoms with Gasteiger partial charge in [-0.1, -0.05) is 6.07 Å². The van der Waals surface area contributed by atoms with Gasteiger partial charge in [0.25, 0.3) is 0 Å². The molecule has 21 heavy (non-hydrogen) atoms. The Bertz CT molecular complexity index is 524. The summed E-state index contributed by atoms with van der Waals surface area (Å²) in [5.74, 6) is 0.764. The molecule has 0 radical (unpaired) electrons. The summed E-state index contributed by atoms with van der Waals surface area (Å²) < 4.78 is 5.15. The molecule has 0 aromatic heterocycles. The zero-order valence-electron chi connectivity index (χ0n) is 12.3. The van der Waals surface area contributed by atoms with Gasteiger partial charge in [0.2, 0.25) is 5.91 Å². The van der Waals surface area contributed by atoms with Crippen molar-refractivity contribution in [2.45, 2.75) is 19.3 Å². The van der Waals surface area contributed by atoms with Crippen LogP contribution in [0, 0.1) is 17.2 Å². The average Bonchev–Trinajstić information content (AvgIpc) is 2.53. The molecule has 0 saturated carbocycles. The van der Waals surface area contributed by atoms with E-state index >= 15 is 0 Å². The fourth-order valence-corrected chi connectivity index (χ4v) is 2.63. The Hall–Kier alpha value is -2.06. The van der Waals surface area contributed by atoms with E-state index < -0.39 is 0 Å². The van der Waals surface area contributed by atoms with E-state index in [1.54, 1.807) is 7.11 Å². The van der Waals surface area contributed by atoms with Gasteiger partial charge >= 0.3 is 0 Å². The van der Waals surface area contributed by atoms with E-state index in [2.05, 4.69) is 16.3 Å². The first-order valence-electron chi connectivity index (χ1n) is 7.27. The molecule has 1 aromatic carbocycles. The predicted octanol–water partition coefficient (Wildman–Crippen LogP) is 2.26. The minimum absolute atomic E-state index is 0.0105. The van der Waals surface area contributed by atoms with Crippen molar-refractivity contribution in [3.05, 3.63) is 24.3 Å². The SMILES string of the molecule is COc1cccc(NC(=O)C2CCCN(CCC#N)C2)c1. The molecule has 1 heterocycles. The second-order valence-corrected chi connectivity index (χ2v) is 5.27. The lowest BCUT2D eigenvalue weighted by molar-refractivity contribution is -0.121. The molecule has 1 fully saturated rings. The maximum atomic E-state index is 12.3. The third-order valence-corrected chi connectivity index (χ3v) is 3.75. The highest BCUT2D eigenvalue weighted by Gasteiger charge is 2.25. The first-order valence-corrected chi connectivity index (χ1v) is 7.27. The largest absolute Gasteiger partial charge is 0.497 e. The van der Waals surface area contributed by atoms with Crippen LogP contribution in [0.2, 0.25) is 0 Å². The molecule has 1 amide bonds. The van der Waals surface area contributed by atoms with Crippen LogP contribution in [0.3, 0.4) is 0 Å². The molecule has 1 aliphatic rings. The highest BCUT2D eigenvalue weighted by atomic mass is 16.5. The van der Waals surface area contributed by atoms with Crippen LogP contribution in [-0.4, -0.2) is 37.6 Å². The van der Waals surface area contributed by atoms with Gasteiger partial charge in [-0.2, -0.15) is 5.26 Å². The maximum Gasteiger partial charge on any atom is 0.228 e. The fraction of sp³-hybridized carbons (Fsp3) is 0.500. The number of ether oxygens (including phenoxy) is 1. The van der Waals surface area contributed by atoms with E-state index in [0.717, 1.165) is 43.9 Å². The van der Waals surface area contributed by atoms with Crippen LogP contribution >= 0.6 is 0 Å². The van der Waals surface area contributed by atoms with Gasteiger partial charge < -0.3 is 15.0 Å². The molecule has 1 aliphatic heterocycles. The third-order valence-electron chi connectivity index (χ3n) is 3.75. The van der Waals surface area contributed by atoms with Crippen molar-refractivity contribution >= 4 is 11.6 Å². The predicted molar refractivity (Wildman–Crippen MR) is 81.0 cm³/mol. The van der Waals surface area contributed by atoms with Gasteiger partial charge in [-0.25, -0.2) is 0 Å². The van der Waals surface area contributed by atoms with Crippen molar-refractivity contribution in [2.75, 3.05) is 32.1 Å². The fourth-order valence-electron chi connectivity index (χ4n) is 2.63. The van der Waals surface area contributed by atoms with Gasteiger partial charge in [-0.3, -0.25) is 4.79 Å². The number of methoxy groups -OCH3 is 1. The molecule has 0 bridgehead atoms. The van der Waals surface area contributed by atoms with Crippen LogP contribution in [0.4, 0.5) is 5.69 Å². The third kappa shape index (κ3) is 4.47. The summed E-state index contributed by atoms with van der Waals surface area (Å²) >= 11 is 0. The molecule has 1 atom stereocenters. The summed E-state index contributed by atoms with van der Waals surface area (Å²) in [6.07, 6.45) is 2.42. The zero-order valence-corrected chi connectivity index (χ0v) is 12.3. The minimum Gasteiger partial charge on any atom is -0.497 e. The van der Waals surface area contributed by atoms with Crippen LogP contribution in [0.25, 0.3) is 0 Å². The quantitative estimate of drug-likeness (QED) is 0.902. The normalized spacial score (nSPS) is 18.8. The number of carbonyl (C=O) groups excluding carboxylic acids is 1. The topological polar surface area (TPSA) is 65.4 Å². The van der Waals surface area contributed by atoms with E-state index in [9.17, 15) is 4.79 Å². The number of hydrogen-bond acceptors (Lipinski definition) is 4. The summed E-state index contributed by atoms with van der Waals surface area (Å²) in [5.41, 5.74) is 0.758. The molecule has 0 spiro atoms. The van der Waals surface area contributed by atoms with Crippen LogP contribution in [0.5, 0.6) is 5.75 Å². The van der Waals surface area contributed by atoms with Gasteiger partial charge in [0.1, 0.15) is 5.75 Å². The highest BCUT2D eigenvalue weighted by molar-refractivity contribution is 5.92. The van der Waals surface area contributed by atoms with Crippen molar-refractivity contribution in [1.29, 1.82) is 5.26 Å². The van der Waals surface area contributed by atoms with Crippen LogP contribution < -0.4 is 10.1 Å². The molecular formula is C16H21N3O2. The summed E-state index contributed by atoms with van der Waals surface area (Å²) in [5, 5.41) is 11.6. The number of nitriles is 1. The van der Waals surface area contributed by atoms with Crippen molar-refractivity contribution < 1.29 is 9.53 Å². The Kier molecular flexibility index (Phi) is 5.59. The number of likely N-dealkylation sites (tertiary alicyclic amines) is 1. The van der Waals surface area contributed by atoms with Gasteiger partial charge in [-0.15, -0.1) is 0 Å². The van der Waals surface area contributed by atoms with E-state index in [1.165, 1.54) is 0 Å². The molecule has 0 aliphatic carbocycles. The van der Waals surface area contributed by atoms with E-state index in [4.69, 9.17) is 10.00 Å². The van der Waals surface area contributed by atoms with Crippen LogP contribution in [-0.2, 0) is 4.79 Å². The number of piperidine rings is 1.